The number of aromatic amines is 1. The van der Waals surface area contributed by atoms with Gasteiger partial charge in [0.2, 0.25) is 5.88 Å². The molecule has 0 radical (unpaired) electrons. The molecule has 0 amide bonds. The number of halogens is 1. The number of hydrogen-bond donors (Lipinski definition) is 4. The second-order valence-corrected chi connectivity index (χ2v) is 6.75. The standard InChI is InChI=1S/C19H15ClN4O4/c20-11-4-2-5-12(8-11)24-18(27)16(17(26)21-19(24)28)15-9-14(22-23-15)10-3-1-6-13(25)7-10/h1-8,14,22,25,27H,9H2,(H,21,26,28)/t14-/m0/s1. The SMILES string of the molecule is O=c1[nH]c(=O)n(-c2cccc(Cl)c2)c(O)c1C1=NN[C@H](c2cccc(O)c2)C1. The van der Waals surface area contributed by atoms with Gasteiger partial charge in [-0.05, 0) is 35.9 Å². The Morgan fingerprint density at radius 3 is 2.64 bits per heavy atom. The van der Waals surface area contributed by atoms with Gasteiger partial charge in [0.25, 0.3) is 5.56 Å². The maximum absolute atomic E-state index is 12.4. The maximum Gasteiger partial charge on any atom is 0.335 e. The highest BCUT2D eigenvalue weighted by Gasteiger charge is 2.27. The summed E-state index contributed by atoms with van der Waals surface area (Å²) < 4.78 is 0.965. The number of hydrazone groups is 1. The molecule has 0 spiro atoms. The van der Waals surface area contributed by atoms with E-state index in [4.69, 9.17) is 11.6 Å². The normalized spacial score (nSPS) is 15.9. The van der Waals surface area contributed by atoms with E-state index in [0.717, 1.165) is 10.1 Å². The fourth-order valence-corrected chi connectivity index (χ4v) is 3.36. The van der Waals surface area contributed by atoms with Gasteiger partial charge in [0.05, 0.1) is 17.4 Å². The van der Waals surface area contributed by atoms with Crippen molar-refractivity contribution in [3.05, 3.63) is 85.5 Å². The topological polar surface area (TPSA) is 120 Å². The van der Waals surface area contributed by atoms with Crippen molar-refractivity contribution < 1.29 is 10.2 Å². The number of phenolic OH excluding ortho intramolecular Hbond substituents is 1. The van der Waals surface area contributed by atoms with Crippen molar-refractivity contribution in [2.45, 2.75) is 12.5 Å². The molecule has 9 heteroatoms. The van der Waals surface area contributed by atoms with Crippen LogP contribution in [0.4, 0.5) is 0 Å². The molecule has 0 aliphatic carbocycles. The predicted molar refractivity (Wildman–Crippen MR) is 104 cm³/mol. The van der Waals surface area contributed by atoms with Gasteiger partial charge in [-0.3, -0.25) is 9.78 Å². The van der Waals surface area contributed by atoms with Crippen molar-refractivity contribution in [2.24, 2.45) is 5.10 Å². The molecule has 8 nitrogen and oxygen atoms in total. The molecule has 0 saturated carbocycles. The number of aromatic nitrogens is 2. The Hall–Kier alpha value is -3.52. The lowest BCUT2D eigenvalue weighted by Crippen LogP contribution is -2.33. The summed E-state index contributed by atoms with van der Waals surface area (Å²) in [4.78, 5) is 26.9. The van der Waals surface area contributed by atoms with Crippen LogP contribution in [0.15, 0.2) is 63.2 Å². The van der Waals surface area contributed by atoms with Gasteiger partial charge < -0.3 is 15.6 Å². The Kier molecular flexibility index (Phi) is 4.40. The zero-order valence-corrected chi connectivity index (χ0v) is 15.1. The average Bonchev–Trinajstić information content (AvgIpc) is 3.11. The van der Waals surface area contributed by atoms with Gasteiger partial charge in [-0.15, -0.1) is 0 Å². The molecule has 1 aromatic heterocycles. The second kappa shape index (κ2) is 6.90. The van der Waals surface area contributed by atoms with Crippen LogP contribution in [-0.4, -0.2) is 25.5 Å². The smallest absolute Gasteiger partial charge is 0.335 e. The molecule has 4 N–H and O–H groups in total. The van der Waals surface area contributed by atoms with Crippen molar-refractivity contribution in [3.63, 3.8) is 0 Å². The van der Waals surface area contributed by atoms with Crippen LogP contribution < -0.4 is 16.7 Å². The first-order valence-corrected chi connectivity index (χ1v) is 8.77. The molecule has 2 aromatic carbocycles. The summed E-state index contributed by atoms with van der Waals surface area (Å²) in [5, 5.41) is 24.9. The van der Waals surface area contributed by atoms with Gasteiger partial charge in [-0.25, -0.2) is 9.36 Å². The fourth-order valence-electron chi connectivity index (χ4n) is 3.17. The van der Waals surface area contributed by atoms with E-state index in [0.29, 0.717) is 16.4 Å². The van der Waals surface area contributed by atoms with Gasteiger partial charge in [0, 0.05) is 11.4 Å². The monoisotopic (exact) mass is 398 g/mol. The summed E-state index contributed by atoms with van der Waals surface area (Å²) >= 11 is 5.97. The van der Waals surface area contributed by atoms with Crippen LogP contribution >= 0.6 is 11.6 Å². The van der Waals surface area contributed by atoms with E-state index in [1.54, 1.807) is 36.4 Å². The summed E-state index contributed by atoms with van der Waals surface area (Å²) in [6.45, 7) is 0. The van der Waals surface area contributed by atoms with Crippen molar-refractivity contribution in [1.82, 2.24) is 15.0 Å². The van der Waals surface area contributed by atoms with Crippen LogP contribution in [0.5, 0.6) is 11.6 Å². The summed E-state index contributed by atoms with van der Waals surface area (Å²) in [7, 11) is 0. The Morgan fingerprint density at radius 1 is 1.11 bits per heavy atom. The zero-order chi connectivity index (χ0) is 19.8. The number of rotatable bonds is 3. The number of nitrogens with zero attached hydrogens (tertiary/aromatic N) is 2. The zero-order valence-electron chi connectivity index (χ0n) is 14.4. The highest BCUT2D eigenvalue weighted by molar-refractivity contribution is 6.30. The quantitative estimate of drug-likeness (QED) is 0.538. The van der Waals surface area contributed by atoms with Crippen LogP contribution in [0.3, 0.4) is 0 Å². The molecule has 3 aromatic rings. The number of aromatic hydroxyl groups is 2. The van der Waals surface area contributed by atoms with Crippen molar-refractivity contribution in [1.29, 1.82) is 0 Å². The summed E-state index contributed by atoms with van der Waals surface area (Å²) in [5.74, 6) is -0.406. The van der Waals surface area contributed by atoms with Crippen LogP contribution in [0.25, 0.3) is 5.69 Å². The Balaban J connectivity index is 1.76. The van der Waals surface area contributed by atoms with Gasteiger partial charge in [0.1, 0.15) is 11.3 Å². The molecule has 0 bridgehead atoms. The molecule has 142 valence electrons. The third-order valence-electron chi connectivity index (χ3n) is 4.47. The molecule has 4 rings (SSSR count). The van der Waals surface area contributed by atoms with Crippen LogP contribution in [-0.2, 0) is 0 Å². The Labute approximate surface area is 163 Å². The predicted octanol–water partition coefficient (Wildman–Crippen LogP) is 2.03. The Bertz CT molecular complexity index is 1220. The first-order chi connectivity index (χ1) is 13.4. The van der Waals surface area contributed by atoms with E-state index in [-0.39, 0.29) is 23.8 Å². The summed E-state index contributed by atoms with van der Waals surface area (Å²) in [6.07, 6.45) is 0.286. The molecular formula is C19H15ClN4O4. The van der Waals surface area contributed by atoms with Gasteiger partial charge in [-0.2, -0.15) is 5.10 Å². The van der Waals surface area contributed by atoms with Crippen molar-refractivity contribution >= 4 is 17.3 Å². The molecule has 1 aliphatic heterocycles. The number of phenols is 1. The Morgan fingerprint density at radius 2 is 1.89 bits per heavy atom. The number of nitrogens with one attached hydrogen (secondary N) is 2. The number of H-pyrrole nitrogens is 1. The van der Waals surface area contributed by atoms with Crippen LogP contribution in [0.2, 0.25) is 5.02 Å². The lowest BCUT2D eigenvalue weighted by atomic mass is 10.00. The van der Waals surface area contributed by atoms with E-state index in [9.17, 15) is 19.8 Å². The number of hydrogen-bond acceptors (Lipinski definition) is 6. The first-order valence-electron chi connectivity index (χ1n) is 8.39. The largest absolute Gasteiger partial charge is 0.508 e. The molecule has 0 saturated heterocycles. The molecular weight excluding hydrogens is 384 g/mol. The first kappa shape index (κ1) is 17.9. The van der Waals surface area contributed by atoms with Gasteiger partial charge >= 0.3 is 5.69 Å². The van der Waals surface area contributed by atoms with Crippen LogP contribution in [0.1, 0.15) is 23.6 Å². The summed E-state index contributed by atoms with van der Waals surface area (Å²) in [6, 6.07) is 12.7. The third-order valence-corrected chi connectivity index (χ3v) is 4.70. The van der Waals surface area contributed by atoms with Crippen molar-refractivity contribution in [3.8, 4) is 17.3 Å². The minimum absolute atomic E-state index is 0.102. The van der Waals surface area contributed by atoms with Crippen molar-refractivity contribution in [2.75, 3.05) is 0 Å². The van der Waals surface area contributed by atoms with Gasteiger partial charge in [-0.1, -0.05) is 29.8 Å². The minimum Gasteiger partial charge on any atom is -0.508 e. The second-order valence-electron chi connectivity index (χ2n) is 6.31. The molecule has 0 fully saturated rings. The lowest BCUT2D eigenvalue weighted by molar-refractivity contribution is 0.429. The van der Waals surface area contributed by atoms with E-state index < -0.39 is 17.1 Å². The van der Waals surface area contributed by atoms with E-state index in [1.165, 1.54) is 6.07 Å². The number of benzene rings is 2. The average molecular weight is 399 g/mol. The molecule has 28 heavy (non-hydrogen) atoms. The minimum atomic E-state index is -0.787. The lowest BCUT2D eigenvalue weighted by Gasteiger charge is -2.12. The van der Waals surface area contributed by atoms with E-state index in [2.05, 4.69) is 15.5 Å². The highest BCUT2D eigenvalue weighted by Crippen LogP contribution is 2.28. The molecule has 1 atom stereocenters. The fraction of sp³-hybridized carbons (Fsp3) is 0.105. The third kappa shape index (κ3) is 3.14. The molecule has 1 aliphatic rings. The van der Waals surface area contributed by atoms with Crippen LogP contribution in [0, 0.1) is 0 Å². The summed E-state index contributed by atoms with van der Waals surface area (Å²) in [5.41, 5.74) is 2.64. The molecule has 0 unspecified atom stereocenters. The van der Waals surface area contributed by atoms with Gasteiger partial charge in [0.15, 0.2) is 0 Å². The molecule has 2 heterocycles. The highest BCUT2D eigenvalue weighted by atomic mass is 35.5. The van der Waals surface area contributed by atoms with E-state index >= 15 is 0 Å². The van der Waals surface area contributed by atoms with E-state index in [1.807, 2.05) is 6.07 Å². The maximum atomic E-state index is 12.4.